The minimum absolute atomic E-state index is 0.445. The Bertz CT molecular complexity index is 371. The third kappa shape index (κ3) is 2.31. The van der Waals surface area contributed by atoms with Crippen LogP contribution in [-0.2, 0) is 0 Å². The number of aromatic nitrogens is 1. The number of rotatable bonds is 1. The van der Waals surface area contributed by atoms with Crippen molar-refractivity contribution in [2.45, 2.75) is 6.36 Å². The molecule has 0 aromatic carbocycles. The van der Waals surface area contributed by atoms with E-state index in [0.717, 1.165) is 0 Å². The lowest BCUT2D eigenvalue weighted by atomic mass is 10.4. The van der Waals surface area contributed by atoms with Crippen molar-refractivity contribution in [2.75, 3.05) is 0 Å². The number of pyridine rings is 1. The molecular weight excluding hydrogens is 207 g/mol. The molecule has 0 aliphatic carbocycles. The van der Waals surface area contributed by atoms with Gasteiger partial charge >= 0.3 is 6.36 Å². The van der Waals surface area contributed by atoms with Gasteiger partial charge in [0.25, 0.3) is 5.56 Å². The van der Waals surface area contributed by atoms with Crippen molar-refractivity contribution in [3.05, 3.63) is 16.4 Å². The summed E-state index contributed by atoms with van der Waals surface area (Å²) in [5, 5.41) is 17.6. The van der Waals surface area contributed by atoms with Gasteiger partial charge in [0.2, 0.25) is 11.6 Å². The van der Waals surface area contributed by atoms with Gasteiger partial charge in [-0.05, 0) is 0 Å². The number of aromatic hydroxyl groups is 2. The summed E-state index contributed by atoms with van der Waals surface area (Å²) in [5.74, 6) is -3.52. The van der Waals surface area contributed by atoms with Gasteiger partial charge in [0.05, 0.1) is 0 Å². The van der Waals surface area contributed by atoms with Crippen LogP contribution in [0, 0.1) is 0 Å². The van der Waals surface area contributed by atoms with Crippen LogP contribution < -0.4 is 10.3 Å². The van der Waals surface area contributed by atoms with Crippen molar-refractivity contribution < 1.29 is 28.1 Å². The molecule has 0 aliphatic rings. The molecule has 0 bridgehead atoms. The molecule has 0 unspecified atom stereocenters. The van der Waals surface area contributed by atoms with Gasteiger partial charge in [-0.15, -0.1) is 13.2 Å². The van der Waals surface area contributed by atoms with E-state index in [0.29, 0.717) is 6.07 Å². The summed E-state index contributed by atoms with van der Waals surface area (Å²) in [4.78, 5) is 12.1. The van der Waals surface area contributed by atoms with Crippen molar-refractivity contribution in [1.82, 2.24) is 4.98 Å². The largest absolute Gasteiger partial charge is 0.573 e. The molecule has 0 aliphatic heterocycles. The Kier molecular flexibility index (Phi) is 2.28. The first-order chi connectivity index (χ1) is 6.29. The van der Waals surface area contributed by atoms with E-state index in [1.807, 2.05) is 0 Å². The molecule has 1 aromatic rings. The number of alkyl halides is 3. The standard InChI is InChI=1S/C6H4F3NO4/c7-6(8,9)14-4-2(11)1-3(12)10-5(4)13/h1H,(H3,10,11,12,13). The van der Waals surface area contributed by atoms with E-state index in [1.165, 1.54) is 0 Å². The monoisotopic (exact) mass is 211 g/mol. The molecule has 1 rings (SSSR count). The number of aromatic amines is 1. The highest BCUT2D eigenvalue weighted by Gasteiger charge is 2.34. The normalized spacial score (nSPS) is 11.4. The van der Waals surface area contributed by atoms with Gasteiger partial charge in [0.1, 0.15) is 0 Å². The van der Waals surface area contributed by atoms with E-state index in [9.17, 15) is 18.0 Å². The maximum absolute atomic E-state index is 11.7. The van der Waals surface area contributed by atoms with Gasteiger partial charge in [-0.2, -0.15) is 0 Å². The first-order valence-corrected chi connectivity index (χ1v) is 3.20. The molecule has 1 aromatic heterocycles. The van der Waals surface area contributed by atoms with Crippen molar-refractivity contribution >= 4 is 0 Å². The summed E-state index contributed by atoms with van der Waals surface area (Å²) in [5.41, 5.74) is -0.950. The lowest BCUT2D eigenvalue weighted by Crippen LogP contribution is -2.18. The zero-order chi connectivity index (χ0) is 10.9. The number of halogens is 3. The highest BCUT2D eigenvalue weighted by Crippen LogP contribution is 2.35. The fourth-order valence-electron chi connectivity index (χ4n) is 0.737. The molecule has 0 spiro atoms. The van der Waals surface area contributed by atoms with Crippen LogP contribution in [0.2, 0.25) is 0 Å². The molecule has 5 nitrogen and oxygen atoms in total. The maximum atomic E-state index is 11.7. The van der Waals surface area contributed by atoms with Crippen molar-refractivity contribution in [3.8, 4) is 17.4 Å². The van der Waals surface area contributed by atoms with Crippen LogP contribution in [0.15, 0.2) is 10.9 Å². The van der Waals surface area contributed by atoms with Gasteiger partial charge in [-0.1, -0.05) is 0 Å². The summed E-state index contributed by atoms with van der Waals surface area (Å²) < 4.78 is 38.2. The van der Waals surface area contributed by atoms with E-state index in [4.69, 9.17) is 10.2 Å². The Hall–Kier alpha value is -1.86. The van der Waals surface area contributed by atoms with Gasteiger partial charge in [-0.3, -0.25) is 9.78 Å². The summed E-state index contributed by atoms with van der Waals surface area (Å²) in [6, 6.07) is 0.445. The number of H-pyrrole nitrogens is 1. The van der Waals surface area contributed by atoms with E-state index in [2.05, 4.69) is 4.74 Å². The quantitative estimate of drug-likeness (QED) is 0.638. The molecule has 0 amide bonds. The van der Waals surface area contributed by atoms with Crippen LogP contribution in [0.1, 0.15) is 0 Å². The van der Waals surface area contributed by atoms with E-state index in [1.54, 1.807) is 4.98 Å². The summed E-state index contributed by atoms with van der Waals surface area (Å²) in [7, 11) is 0. The fraction of sp³-hybridized carbons (Fsp3) is 0.167. The zero-order valence-electron chi connectivity index (χ0n) is 6.42. The second-order valence-electron chi connectivity index (χ2n) is 2.24. The molecule has 14 heavy (non-hydrogen) atoms. The first-order valence-electron chi connectivity index (χ1n) is 3.20. The lowest BCUT2D eigenvalue weighted by Gasteiger charge is -2.10. The SMILES string of the molecule is O=c1cc(O)c(OC(F)(F)F)c(O)[nH]1. The Labute approximate surface area is 74.4 Å². The Morgan fingerprint density at radius 1 is 1.36 bits per heavy atom. The highest BCUT2D eigenvalue weighted by molar-refractivity contribution is 5.44. The van der Waals surface area contributed by atoms with Gasteiger partial charge in [-0.25, -0.2) is 0 Å². The Balaban J connectivity index is 3.16. The average molecular weight is 211 g/mol. The fourth-order valence-corrected chi connectivity index (χ4v) is 0.737. The Morgan fingerprint density at radius 3 is 2.36 bits per heavy atom. The summed E-state index contributed by atoms with van der Waals surface area (Å²) >= 11 is 0. The first kappa shape index (κ1) is 10.2. The maximum Gasteiger partial charge on any atom is 0.573 e. The van der Waals surface area contributed by atoms with E-state index in [-0.39, 0.29) is 0 Å². The van der Waals surface area contributed by atoms with Crippen LogP contribution in [0.25, 0.3) is 0 Å². The van der Waals surface area contributed by atoms with Crippen LogP contribution >= 0.6 is 0 Å². The second kappa shape index (κ2) is 3.13. The molecule has 3 N–H and O–H groups in total. The minimum Gasteiger partial charge on any atom is -0.504 e. The summed E-state index contributed by atoms with van der Waals surface area (Å²) in [6.07, 6.45) is -5.06. The van der Waals surface area contributed by atoms with Crippen molar-refractivity contribution in [1.29, 1.82) is 0 Å². The molecule has 1 heterocycles. The smallest absolute Gasteiger partial charge is 0.504 e. The van der Waals surface area contributed by atoms with Gasteiger partial charge in [0.15, 0.2) is 5.75 Å². The van der Waals surface area contributed by atoms with Gasteiger partial charge in [0, 0.05) is 6.07 Å². The number of ether oxygens (including phenoxy) is 1. The van der Waals surface area contributed by atoms with Crippen LogP contribution in [-0.4, -0.2) is 21.6 Å². The van der Waals surface area contributed by atoms with Crippen LogP contribution in [0.4, 0.5) is 13.2 Å². The van der Waals surface area contributed by atoms with Gasteiger partial charge < -0.3 is 14.9 Å². The molecule has 0 radical (unpaired) electrons. The second-order valence-corrected chi connectivity index (χ2v) is 2.24. The molecule has 8 heteroatoms. The topological polar surface area (TPSA) is 82.6 Å². The predicted molar refractivity (Wildman–Crippen MR) is 37.1 cm³/mol. The zero-order valence-corrected chi connectivity index (χ0v) is 6.42. The molecule has 78 valence electrons. The third-order valence-electron chi connectivity index (χ3n) is 1.17. The number of nitrogens with one attached hydrogen (secondary N) is 1. The molecule has 0 saturated carbocycles. The van der Waals surface area contributed by atoms with Crippen molar-refractivity contribution in [3.63, 3.8) is 0 Å². The minimum atomic E-state index is -5.06. The third-order valence-corrected chi connectivity index (χ3v) is 1.17. The van der Waals surface area contributed by atoms with Crippen LogP contribution in [0.5, 0.6) is 17.4 Å². The average Bonchev–Trinajstić information content (AvgIpc) is 1.95. The molecular formula is C6H4F3NO4. The molecule has 0 saturated heterocycles. The van der Waals surface area contributed by atoms with Crippen LogP contribution in [0.3, 0.4) is 0 Å². The van der Waals surface area contributed by atoms with E-state index >= 15 is 0 Å². The number of hydrogen-bond acceptors (Lipinski definition) is 4. The van der Waals surface area contributed by atoms with Crippen molar-refractivity contribution in [2.24, 2.45) is 0 Å². The van der Waals surface area contributed by atoms with E-state index < -0.39 is 29.3 Å². The number of hydrogen-bond donors (Lipinski definition) is 3. The highest BCUT2D eigenvalue weighted by atomic mass is 19.4. The predicted octanol–water partition coefficient (Wildman–Crippen LogP) is 0.685. The molecule has 0 atom stereocenters. The lowest BCUT2D eigenvalue weighted by molar-refractivity contribution is -0.275. The summed E-state index contributed by atoms with van der Waals surface area (Å²) in [6.45, 7) is 0. The Morgan fingerprint density at radius 2 is 1.93 bits per heavy atom. The molecule has 0 fully saturated rings.